The molecule has 0 unspecified atom stereocenters. The van der Waals surface area contributed by atoms with Gasteiger partial charge in [0.1, 0.15) is 6.61 Å². The van der Waals surface area contributed by atoms with Gasteiger partial charge >= 0.3 is 12.1 Å². The summed E-state index contributed by atoms with van der Waals surface area (Å²) >= 11 is 0. The fraction of sp³-hybridized carbons (Fsp3) is 0.375. The molecule has 0 bridgehead atoms. The van der Waals surface area contributed by atoms with E-state index in [0.717, 1.165) is 22.3 Å². The van der Waals surface area contributed by atoms with Crippen molar-refractivity contribution in [1.82, 2.24) is 10.6 Å². The number of alkyl carbamates (subject to hydrolysis) is 1. The minimum Gasteiger partial charge on any atom is -0.479 e. The molecule has 2 aromatic carbocycles. The summed E-state index contributed by atoms with van der Waals surface area (Å²) in [6, 6.07) is 15.7. The van der Waals surface area contributed by atoms with E-state index in [9.17, 15) is 19.5 Å². The van der Waals surface area contributed by atoms with Crippen LogP contribution in [0.25, 0.3) is 11.1 Å². The van der Waals surface area contributed by atoms with Crippen LogP contribution in [0.15, 0.2) is 48.5 Å². The number of carbonyl (C=O) groups is 3. The SMILES string of the molecule is CC[C@H](CC(=O)NCC[C@H](O)C(=O)O)NC(=O)OCC1c2ccccc2-c2ccccc21. The molecular formula is C24H28N2O6. The predicted molar refractivity (Wildman–Crippen MR) is 118 cm³/mol. The lowest BCUT2D eigenvalue weighted by Crippen LogP contribution is -2.40. The molecule has 8 heteroatoms. The lowest BCUT2D eigenvalue weighted by molar-refractivity contribution is -0.147. The molecule has 2 aromatic rings. The fourth-order valence-corrected chi connectivity index (χ4v) is 3.87. The van der Waals surface area contributed by atoms with E-state index in [4.69, 9.17) is 9.84 Å². The highest BCUT2D eigenvalue weighted by Crippen LogP contribution is 2.44. The van der Waals surface area contributed by atoms with E-state index in [0.29, 0.717) is 6.42 Å². The molecule has 1 aliphatic rings. The average Bonchev–Trinajstić information content (AvgIpc) is 3.10. The van der Waals surface area contributed by atoms with Crippen LogP contribution in [0, 0.1) is 0 Å². The summed E-state index contributed by atoms with van der Waals surface area (Å²) in [4.78, 5) is 35.0. The van der Waals surface area contributed by atoms with Crippen LogP contribution in [0.2, 0.25) is 0 Å². The molecular weight excluding hydrogens is 412 g/mol. The molecule has 4 N–H and O–H groups in total. The van der Waals surface area contributed by atoms with Crippen molar-refractivity contribution in [3.63, 3.8) is 0 Å². The number of aliphatic hydroxyl groups is 1. The fourth-order valence-electron chi connectivity index (χ4n) is 3.87. The first-order chi connectivity index (χ1) is 15.4. The summed E-state index contributed by atoms with van der Waals surface area (Å²) in [6.07, 6.45) is -1.64. The third kappa shape index (κ3) is 5.64. The van der Waals surface area contributed by atoms with Crippen LogP contribution in [-0.2, 0) is 14.3 Å². The van der Waals surface area contributed by atoms with E-state index in [1.807, 2.05) is 43.3 Å². The molecule has 0 saturated heterocycles. The Morgan fingerprint density at radius 1 is 1.03 bits per heavy atom. The first kappa shape index (κ1) is 23.3. The Bertz CT molecular complexity index is 931. The Labute approximate surface area is 186 Å². The second-order valence-electron chi connectivity index (χ2n) is 7.77. The predicted octanol–water partition coefficient (Wildman–Crippen LogP) is 2.65. The van der Waals surface area contributed by atoms with Gasteiger partial charge in [0, 0.05) is 31.3 Å². The number of nitrogens with one attached hydrogen (secondary N) is 2. The Balaban J connectivity index is 1.50. The van der Waals surface area contributed by atoms with E-state index in [-0.39, 0.29) is 37.8 Å². The number of fused-ring (bicyclic) bond motifs is 3. The third-order valence-electron chi connectivity index (χ3n) is 5.62. The maximum atomic E-state index is 12.4. The van der Waals surface area contributed by atoms with Crippen LogP contribution < -0.4 is 10.6 Å². The van der Waals surface area contributed by atoms with Crippen molar-refractivity contribution in [2.24, 2.45) is 0 Å². The molecule has 0 radical (unpaired) electrons. The Hall–Kier alpha value is -3.39. The van der Waals surface area contributed by atoms with Gasteiger partial charge in [-0.1, -0.05) is 55.5 Å². The van der Waals surface area contributed by atoms with Crippen LogP contribution in [0.5, 0.6) is 0 Å². The summed E-state index contributed by atoms with van der Waals surface area (Å²) in [5.41, 5.74) is 4.54. The molecule has 32 heavy (non-hydrogen) atoms. The average molecular weight is 440 g/mol. The Kier molecular flexibility index (Phi) is 7.83. The van der Waals surface area contributed by atoms with Crippen LogP contribution in [0.3, 0.4) is 0 Å². The number of hydrogen-bond acceptors (Lipinski definition) is 5. The van der Waals surface area contributed by atoms with Crippen molar-refractivity contribution in [2.75, 3.05) is 13.2 Å². The molecule has 0 aromatic heterocycles. The number of hydrogen-bond donors (Lipinski definition) is 4. The second kappa shape index (κ2) is 10.8. The number of amides is 2. The number of ether oxygens (including phenoxy) is 1. The van der Waals surface area contributed by atoms with Gasteiger partial charge in [-0.2, -0.15) is 0 Å². The maximum Gasteiger partial charge on any atom is 0.407 e. The van der Waals surface area contributed by atoms with Gasteiger partial charge in [-0.05, 0) is 28.7 Å². The van der Waals surface area contributed by atoms with Crippen LogP contribution in [0.1, 0.15) is 43.2 Å². The van der Waals surface area contributed by atoms with Gasteiger partial charge in [0.15, 0.2) is 6.10 Å². The molecule has 0 saturated carbocycles. The molecule has 2 amide bonds. The van der Waals surface area contributed by atoms with Crippen LogP contribution in [-0.4, -0.2) is 53.5 Å². The standard InChI is InChI=1S/C24H28N2O6/c1-2-15(13-22(28)25-12-11-21(27)23(29)30)26-24(31)32-14-20-18-9-5-3-7-16(18)17-8-4-6-10-19(17)20/h3-10,15,20-21,27H,2,11-14H2,1H3,(H,25,28)(H,26,31)(H,29,30)/t15-,21+/m1/s1. The molecule has 1 aliphatic carbocycles. The lowest BCUT2D eigenvalue weighted by atomic mass is 9.98. The minimum atomic E-state index is -1.52. The summed E-state index contributed by atoms with van der Waals surface area (Å²) in [6.45, 7) is 2.07. The highest BCUT2D eigenvalue weighted by molar-refractivity contribution is 5.79. The van der Waals surface area contributed by atoms with Crippen molar-refractivity contribution >= 4 is 18.0 Å². The van der Waals surface area contributed by atoms with E-state index in [2.05, 4.69) is 22.8 Å². The third-order valence-corrected chi connectivity index (χ3v) is 5.62. The molecule has 2 atom stereocenters. The summed E-state index contributed by atoms with van der Waals surface area (Å²) in [7, 11) is 0. The van der Waals surface area contributed by atoms with Crippen LogP contribution in [0.4, 0.5) is 4.79 Å². The van der Waals surface area contributed by atoms with Crippen molar-refractivity contribution < 1.29 is 29.3 Å². The largest absolute Gasteiger partial charge is 0.479 e. The van der Waals surface area contributed by atoms with Gasteiger partial charge in [-0.3, -0.25) is 4.79 Å². The van der Waals surface area contributed by atoms with Crippen molar-refractivity contribution in [3.05, 3.63) is 59.7 Å². The summed E-state index contributed by atoms with van der Waals surface area (Å²) < 4.78 is 5.51. The van der Waals surface area contributed by atoms with E-state index >= 15 is 0 Å². The highest BCUT2D eigenvalue weighted by Gasteiger charge is 2.29. The van der Waals surface area contributed by atoms with E-state index in [1.54, 1.807) is 0 Å². The Morgan fingerprint density at radius 3 is 2.19 bits per heavy atom. The van der Waals surface area contributed by atoms with Gasteiger partial charge in [0.2, 0.25) is 5.91 Å². The summed E-state index contributed by atoms with van der Waals surface area (Å²) in [5.74, 6) is -1.71. The smallest absolute Gasteiger partial charge is 0.407 e. The number of carboxylic acids is 1. The number of carbonyl (C=O) groups excluding carboxylic acids is 2. The zero-order valence-electron chi connectivity index (χ0n) is 17.9. The maximum absolute atomic E-state index is 12.4. The van der Waals surface area contributed by atoms with E-state index < -0.39 is 24.2 Å². The van der Waals surface area contributed by atoms with Gasteiger partial charge in [0.25, 0.3) is 0 Å². The van der Waals surface area contributed by atoms with E-state index in [1.165, 1.54) is 0 Å². The number of aliphatic hydroxyl groups excluding tert-OH is 1. The van der Waals surface area contributed by atoms with Gasteiger partial charge in [0.05, 0.1) is 0 Å². The minimum absolute atomic E-state index is 0.0316. The number of rotatable bonds is 10. The Morgan fingerprint density at radius 2 is 1.62 bits per heavy atom. The molecule has 170 valence electrons. The first-order valence-corrected chi connectivity index (χ1v) is 10.7. The number of aliphatic carboxylic acids is 1. The lowest BCUT2D eigenvalue weighted by Gasteiger charge is -2.19. The van der Waals surface area contributed by atoms with Gasteiger partial charge in [-0.25, -0.2) is 9.59 Å². The number of carboxylic acid groups (broad SMARTS) is 1. The van der Waals surface area contributed by atoms with Gasteiger partial charge < -0.3 is 25.6 Å². The molecule has 0 aliphatic heterocycles. The normalized spacial score (nSPS) is 14.1. The van der Waals surface area contributed by atoms with Gasteiger partial charge in [-0.15, -0.1) is 0 Å². The van der Waals surface area contributed by atoms with Crippen molar-refractivity contribution in [2.45, 2.75) is 44.2 Å². The zero-order valence-corrected chi connectivity index (χ0v) is 17.9. The number of benzene rings is 2. The topological polar surface area (TPSA) is 125 Å². The monoisotopic (exact) mass is 440 g/mol. The molecule has 8 nitrogen and oxygen atoms in total. The van der Waals surface area contributed by atoms with Crippen molar-refractivity contribution in [3.8, 4) is 11.1 Å². The van der Waals surface area contributed by atoms with Crippen LogP contribution >= 0.6 is 0 Å². The van der Waals surface area contributed by atoms with Crippen molar-refractivity contribution in [1.29, 1.82) is 0 Å². The first-order valence-electron chi connectivity index (χ1n) is 10.7. The molecule has 0 fully saturated rings. The summed E-state index contributed by atoms with van der Waals surface area (Å²) in [5, 5.41) is 23.1. The second-order valence-corrected chi connectivity index (χ2v) is 7.77. The molecule has 0 heterocycles. The zero-order chi connectivity index (χ0) is 23.1. The highest BCUT2D eigenvalue weighted by atomic mass is 16.5. The molecule has 0 spiro atoms. The molecule has 3 rings (SSSR count). The quantitative estimate of drug-likeness (QED) is 0.450.